The summed E-state index contributed by atoms with van der Waals surface area (Å²) in [5.74, 6) is 1.64. The first-order valence-corrected chi connectivity index (χ1v) is 5.34. The van der Waals surface area contributed by atoms with Gasteiger partial charge in [-0.1, -0.05) is 6.92 Å². The normalized spacial score (nSPS) is 25.8. The smallest absolute Gasteiger partial charge is 0.185 e. The molecule has 1 aromatic rings. The topological polar surface area (TPSA) is 46.9 Å². The lowest BCUT2D eigenvalue weighted by Crippen LogP contribution is -2.23. The number of nitrogens with one attached hydrogen (secondary N) is 1. The van der Waals surface area contributed by atoms with Gasteiger partial charge in [-0.05, 0) is 19.4 Å². The van der Waals surface area contributed by atoms with Gasteiger partial charge in [0.25, 0.3) is 0 Å². The zero-order chi connectivity index (χ0) is 11.0. The third kappa shape index (κ3) is 1.69. The number of rotatable bonds is 2. The average molecular weight is 207 g/mol. The maximum Gasteiger partial charge on any atom is 0.185 e. The first-order chi connectivity index (χ1) is 7.11. The molecule has 1 aliphatic rings. The lowest BCUT2D eigenvalue weighted by atomic mass is 9.92. The minimum Gasteiger partial charge on any atom is -0.329 e. The minimum absolute atomic E-state index is 0.111. The zero-order valence-corrected chi connectivity index (χ0v) is 9.45. The summed E-state index contributed by atoms with van der Waals surface area (Å²) in [5, 5.41) is 3.25. The summed E-state index contributed by atoms with van der Waals surface area (Å²) in [6.45, 7) is 5.76. The predicted octanol–water partition coefficient (Wildman–Crippen LogP) is 0.767. The molecule has 0 saturated carbocycles. The molecule has 2 heterocycles. The maximum absolute atomic E-state index is 12.2. The highest BCUT2D eigenvalue weighted by Gasteiger charge is 2.31. The van der Waals surface area contributed by atoms with Crippen LogP contribution in [0.2, 0.25) is 0 Å². The summed E-state index contributed by atoms with van der Waals surface area (Å²) in [4.78, 5) is 16.3. The monoisotopic (exact) mass is 207 g/mol. The fraction of sp³-hybridized carbons (Fsp3) is 0.636. The standard InChI is InChI=1S/C11H17N3O/c1-7-4-12-5-9(7)11(15)10-6-13-8(2)14(10)3/h6-7,9,12H,4-5H2,1-3H3. The van der Waals surface area contributed by atoms with Crippen LogP contribution in [0.4, 0.5) is 0 Å². The molecule has 0 amide bonds. The second-order valence-corrected chi connectivity index (χ2v) is 4.36. The van der Waals surface area contributed by atoms with Gasteiger partial charge in [0.1, 0.15) is 11.5 Å². The maximum atomic E-state index is 12.2. The average Bonchev–Trinajstić information content (AvgIpc) is 2.75. The fourth-order valence-corrected chi connectivity index (χ4v) is 2.08. The highest BCUT2D eigenvalue weighted by atomic mass is 16.1. The molecular formula is C11H17N3O. The molecule has 1 aliphatic heterocycles. The van der Waals surface area contributed by atoms with E-state index >= 15 is 0 Å². The van der Waals surface area contributed by atoms with Crippen molar-refractivity contribution in [1.29, 1.82) is 0 Å². The first-order valence-electron chi connectivity index (χ1n) is 5.34. The van der Waals surface area contributed by atoms with Gasteiger partial charge >= 0.3 is 0 Å². The molecule has 0 bridgehead atoms. The Kier molecular flexibility index (Phi) is 2.61. The van der Waals surface area contributed by atoms with E-state index in [0.717, 1.165) is 24.6 Å². The molecule has 1 saturated heterocycles. The van der Waals surface area contributed by atoms with Crippen LogP contribution in [-0.2, 0) is 7.05 Å². The number of hydrogen-bond donors (Lipinski definition) is 1. The van der Waals surface area contributed by atoms with E-state index in [0.29, 0.717) is 5.92 Å². The van der Waals surface area contributed by atoms with Crippen LogP contribution in [0.1, 0.15) is 23.2 Å². The lowest BCUT2D eigenvalue weighted by molar-refractivity contribution is 0.0899. The summed E-state index contributed by atoms with van der Waals surface area (Å²) in [6, 6.07) is 0. The van der Waals surface area contributed by atoms with E-state index < -0.39 is 0 Å². The van der Waals surface area contributed by atoms with Crippen LogP contribution >= 0.6 is 0 Å². The number of aryl methyl sites for hydroxylation is 1. The molecule has 0 radical (unpaired) electrons. The summed E-state index contributed by atoms with van der Waals surface area (Å²) >= 11 is 0. The molecule has 1 N–H and O–H groups in total. The predicted molar refractivity (Wildman–Crippen MR) is 57.8 cm³/mol. The van der Waals surface area contributed by atoms with Crippen molar-refractivity contribution in [3.63, 3.8) is 0 Å². The van der Waals surface area contributed by atoms with Crippen LogP contribution < -0.4 is 5.32 Å². The summed E-state index contributed by atoms with van der Waals surface area (Å²) in [5.41, 5.74) is 0.730. The summed E-state index contributed by atoms with van der Waals surface area (Å²) in [7, 11) is 1.89. The minimum atomic E-state index is 0.111. The second-order valence-electron chi connectivity index (χ2n) is 4.36. The Morgan fingerprint density at radius 2 is 2.33 bits per heavy atom. The number of ketones is 1. The quantitative estimate of drug-likeness (QED) is 0.728. The van der Waals surface area contributed by atoms with E-state index in [2.05, 4.69) is 17.2 Å². The second kappa shape index (κ2) is 3.77. The van der Waals surface area contributed by atoms with Gasteiger partial charge in [0.2, 0.25) is 0 Å². The highest BCUT2D eigenvalue weighted by molar-refractivity contribution is 5.96. The van der Waals surface area contributed by atoms with Crippen LogP contribution in [0.5, 0.6) is 0 Å². The summed E-state index contributed by atoms with van der Waals surface area (Å²) < 4.78 is 1.87. The molecular weight excluding hydrogens is 190 g/mol. The summed E-state index contributed by atoms with van der Waals surface area (Å²) in [6.07, 6.45) is 1.68. The number of Topliss-reactive ketones (excluding diaryl/α,β-unsaturated/α-hetero) is 1. The Morgan fingerprint density at radius 1 is 1.60 bits per heavy atom. The van der Waals surface area contributed by atoms with E-state index in [-0.39, 0.29) is 11.7 Å². The van der Waals surface area contributed by atoms with Crippen LogP contribution in [0.15, 0.2) is 6.20 Å². The van der Waals surface area contributed by atoms with Gasteiger partial charge in [-0.2, -0.15) is 0 Å². The SMILES string of the molecule is Cc1ncc(C(=O)C2CNCC2C)n1C. The van der Waals surface area contributed by atoms with Crippen LogP contribution in [0.3, 0.4) is 0 Å². The van der Waals surface area contributed by atoms with Crippen LogP contribution in [0.25, 0.3) is 0 Å². The number of aromatic nitrogens is 2. The Labute approximate surface area is 89.7 Å². The molecule has 2 unspecified atom stereocenters. The van der Waals surface area contributed by atoms with E-state index in [1.165, 1.54) is 0 Å². The van der Waals surface area contributed by atoms with Crippen molar-refractivity contribution in [3.8, 4) is 0 Å². The molecule has 2 rings (SSSR count). The van der Waals surface area contributed by atoms with E-state index in [9.17, 15) is 4.79 Å². The third-order valence-corrected chi connectivity index (χ3v) is 3.33. The van der Waals surface area contributed by atoms with E-state index in [1.54, 1.807) is 6.20 Å². The fourth-order valence-electron chi connectivity index (χ4n) is 2.08. The van der Waals surface area contributed by atoms with Gasteiger partial charge in [-0.3, -0.25) is 4.79 Å². The number of carbonyl (C=O) groups excluding carboxylic acids is 1. The molecule has 82 valence electrons. The van der Waals surface area contributed by atoms with Crippen LogP contribution in [-0.4, -0.2) is 28.4 Å². The number of hydrogen-bond acceptors (Lipinski definition) is 3. The van der Waals surface area contributed by atoms with Crippen molar-refractivity contribution in [2.75, 3.05) is 13.1 Å². The van der Waals surface area contributed by atoms with Crippen molar-refractivity contribution in [2.45, 2.75) is 13.8 Å². The molecule has 0 aromatic carbocycles. The molecule has 1 fully saturated rings. The molecule has 4 nitrogen and oxygen atoms in total. The van der Waals surface area contributed by atoms with Gasteiger partial charge in [-0.25, -0.2) is 4.98 Å². The van der Waals surface area contributed by atoms with E-state index in [1.807, 2.05) is 18.5 Å². The van der Waals surface area contributed by atoms with Gasteiger partial charge in [0, 0.05) is 19.5 Å². The Balaban J connectivity index is 2.24. The lowest BCUT2D eigenvalue weighted by Gasteiger charge is -2.12. The Bertz CT molecular complexity index is 383. The number of imidazole rings is 1. The Hall–Kier alpha value is -1.16. The van der Waals surface area contributed by atoms with Crippen LogP contribution in [0, 0.1) is 18.8 Å². The molecule has 0 aliphatic carbocycles. The highest BCUT2D eigenvalue weighted by Crippen LogP contribution is 2.21. The van der Waals surface area contributed by atoms with Gasteiger partial charge < -0.3 is 9.88 Å². The zero-order valence-electron chi connectivity index (χ0n) is 9.45. The third-order valence-electron chi connectivity index (χ3n) is 3.33. The van der Waals surface area contributed by atoms with E-state index in [4.69, 9.17) is 0 Å². The van der Waals surface area contributed by atoms with Crippen molar-refractivity contribution in [3.05, 3.63) is 17.7 Å². The van der Waals surface area contributed by atoms with Crippen molar-refractivity contribution < 1.29 is 4.79 Å². The van der Waals surface area contributed by atoms with Crippen molar-refractivity contribution in [2.24, 2.45) is 18.9 Å². The molecule has 2 atom stereocenters. The first kappa shape index (κ1) is 10.4. The molecule has 1 aromatic heterocycles. The number of carbonyl (C=O) groups is 1. The largest absolute Gasteiger partial charge is 0.329 e. The van der Waals surface area contributed by atoms with Crippen molar-refractivity contribution in [1.82, 2.24) is 14.9 Å². The van der Waals surface area contributed by atoms with Gasteiger partial charge in [0.05, 0.1) is 6.20 Å². The van der Waals surface area contributed by atoms with Crippen molar-refractivity contribution >= 4 is 5.78 Å². The Morgan fingerprint density at radius 3 is 2.80 bits per heavy atom. The number of nitrogens with zero attached hydrogens (tertiary/aromatic N) is 2. The molecule has 15 heavy (non-hydrogen) atoms. The molecule has 0 spiro atoms. The molecule has 4 heteroatoms. The van der Waals surface area contributed by atoms with Gasteiger partial charge in [0.15, 0.2) is 5.78 Å². The van der Waals surface area contributed by atoms with Gasteiger partial charge in [-0.15, -0.1) is 0 Å².